The van der Waals surface area contributed by atoms with Crippen LogP contribution >= 0.6 is 0 Å². The number of rotatable bonds is 5. The van der Waals surface area contributed by atoms with Crippen molar-refractivity contribution >= 4 is 14.2 Å². The second kappa shape index (κ2) is 5.35. The second-order valence-electron chi connectivity index (χ2n) is 8.55. The van der Waals surface area contributed by atoms with E-state index in [0.717, 1.165) is 25.9 Å². The molecule has 3 fully saturated rings. The van der Waals surface area contributed by atoms with Crippen LogP contribution in [0.1, 0.15) is 40.0 Å². The first-order valence-electron chi connectivity index (χ1n) is 7.97. The number of hydrogen-bond donors (Lipinski definition) is 0. The van der Waals surface area contributed by atoms with Crippen molar-refractivity contribution in [2.45, 2.75) is 58.2 Å². The average Bonchev–Trinajstić information content (AvgIpc) is 2.88. The quantitative estimate of drug-likeness (QED) is 0.576. The molecule has 0 N–H and O–H groups in total. The number of carbonyl (C=O) groups excluding carboxylic acids is 1. The summed E-state index contributed by atoms with van der Waals surface area (Å²) in [5.41, 5.74) is 0.259. The summed E-state index contributed by atoms with van der Waals surface area (Å²) in [4.78, 5) is 17.3. The number of amides is 1. The van der Waals surface area contributed by atoms with E-state index in [1.807, 2.05) is 0 Å². The topological polar surface area (TPSA) is 38.8 Å². The molecule has 21 heavy (non-hydrogen) atoms. The molecule has 122 valence electrons. The Kier molecular flexibility index (Phi) is 4.33. The first kappa shape index (κ1) is 17.0. The van der Waals surface area contributed by atoms with Crippen LogP contribution in [0.4, 0.5) is 0 Å². The van der Waals surface area contributed by atoms with Crippen LogP contribution in [0.2, 0.25) is 18.1 Å². The van der Waals surface area contributed by atoms with Crippen molar-refractivity contribution in [3.63, 3.8) is 0 Å². The largest absolute Gasteiger partial charge is 0.416 e. The zero-order chi connectivity index (χ0) is 16.1. The third-order valence-corrected chi connectivity index (χ3v) is 10.5. The zero-order valence-electron chi connectivity index (χ0n) is 14.7. The van der Waals surface area contributed by atoms with Gasteiger partial charge in [0.1, 0.15) is 0 Å². The van der Waals surface area contributed by atoms with Crippen molar-refractivity contribution in [2.24, 2.45) is 17.3 Å². The van der Waals surface area contributed by atoms with Crippen molar-refractivity contribution in [3.05, 3.63) is 0 Å². The molecule has 1 unspecified atom stereocenters. The molecule has 0 aromatic rings. The average molecular weight is 314 g/mol. The highest BCUT2D eigenvalue weighted by atomic mass is 28.4. The molecule has 0 aromatic carbocycles. The van der Waals surface area contributed by atoms with Crippen molar-refractivity contribution in [1.82, 2.24) is 5.06 Å². The number of fused-ring (bicyclic) bond motifs is 1. The summed E-state index contributed by atoms with van der Waals surface area (Å²) in [5.74, 6) is 0.810. The van der Waals surface area contributed by atoms with Gasteiger partial charge in [0, 0.05) is 19.6 Å². The number of hydroxylamine groups is 2. The van der Waals surface area contributed by atoms with Crippen LogP contribution in [0.5, 0.6) is 0 Å². The molecule has 2 bridgehead atoms. The van der Waals surface area contributed by atoms with Crippen molar-refractivity contribution in [3.8, 4) is 0 Å². The summed E-state index contributed by atoms with van der Waals surface area (Å²) in [7, 11) is 1.56. The van der Waals surface area contributed by atoms with E-state index in [1.54, 1.807) is 14.2 Å². The van der Waals surface area contributed by atoms with Crippen LogP contribution in [0.25, 0.3) is 0 Å². The number of hydrogen-bond acceptors (Lipinski definition) is 3. The molecule has 3 saturated carbocycles. The van der Waals surface area contributed by atoms with E-state index in [0.29, 0.717) is 5.92 Å². The van der Waals surface area contributed by atoms with Crippen molar-refractivity contribution in [2.75, 3.05) is 20.8 Å². The van der Waals surface area contributed by atoms with Gasteiger partial charge in [-0.05, 0) is 48.7 Å². The summed E-state index contributed by atoms with van der Waals surface area (Å²) < 4.78 is 6.42. The van der Waals surface area contributed by atoms with Gasteiger partial charge in [-0.2, -0.15) is 0 Å². The predicted octanol–water partition coefficient (Wildman–Crippen LogP) is 3.44. The summed E-state index contributed by atoms with van der Waals surface area (Å²) in [6.07, 6.45) is 3.27. The molecule has 1 atom stereocenters. The third-order valence-electron chi connectivity index (χ3n) is 6.06. The molecule has 5 heteroatoms. The highest BCUT2D eigenvalue weighted by molar-refractivity contribution is 6.74. The lowest BCUT2D eigenvalue weighted by Crippen LogP contribution is -2.45. The molecule has 1 amide bonds. The Morgan fingerprint density at radius 1 is 1.29 bits per heavy atom. The molecule has 0 saturated heterocycles. The van der Waals surface area contributed by atoms with Gasteiger partial charge in [-0.3, -0.25) is 9.63 Å². The maximum absolute atomic E-state index is 12.3. The molecule has 0 radical (unpaired) electrons. The third kappa shape index (κ3) is 3.05. The fraction of sp³-hybridized carbons (Fsp3) is 0.938. The van der Waals surface area contributed by atoms with E-state index < -0.39 is 8.32 Å². The van der Waals surface area contributed by atoms with Gasteiger partial charge in [0.25, 0.3) is 0 Å². The van der Waals surface area contributed by atoms with Crippen LogP contribution in [0.15, 0.2) is 0 Å². The Bertz CT molecular complexity index is 410. The summed E-state index contributed by atoms with van der Waals surface area (Å²) in [6, 6.07) is 0. The van der Waals surface area contributed by atoms with E-state index in [1.165, 1.54) is 5.06 Å². The van der Waals surface area contributed by atoms with Gasteiger partial charge in [-0.1, -0.05) is 20.8 Å². The summed E-state index contributed by atoms with van der Waals surface area (Å²) in [5, 5.41) is 1.63. The van der Waals surface area contributed by atoms with Gasteiger partial charge in [0.2, 0.25) is 5.91 Å². The minimum Gasteiger partial charge on any atom is -0.416 e. The van der Waals surface area contributed by atoms with Gasteiger partial charge >= 0.3 is 0 Å². The highest BCUT2D eigenvalue weighted by Gasteiger charge is 2.59. The Labute approximate surface area is 130 Å². The summed E-state index contributed by atoms with van der Waals surface area (Å²) in [6.45, 7) is 12.3. The fourth-order valence-electron chi connectivity index (χ4n) is 3.48. The van der Waals surface area contributed by atoms with Crippen LogP contribution in [0.3, 0.4) is 0 Å². The van der Waals surface area contributed by atoms with Gasteiger partial charge in [0.05, 0.1) is 7.11 Å². The van der Waals surface area contributed by atoms with E-state index in [9.17, 15) is 4.79 Å². The number of nitrogens with zero attached hydrogens (tertiary/aromatic N) is 1. The minimum absolute atomic E-state index is 0.134. The fourth-order valence-corrected chi connectivity index (χ4v) is 4.58. The van der Waals surface area contributed by atoms with Crippen LogP contribution in [-0.4, -0.2) is 40.1 Å². The molecule has 3 rings (SSSR count). The Morgan fingerprint density at radius 3 is 2.33 bits per heavy atom. The SMILES string of the molecule is CON(C)C(=O)C1CC2(CO[Si](C)(C)C(C)(C)C)CC1C2. The van der Waals surface area contributed by atoms with E-state index in [4.69, 9.17) is 9.26 Å². The Hall–Kier alpha value is -0.393. The maximum Gasteiger partial charge on any atom is 0.249 e. The van der Waals surface area contributed by atoms with Gasteiger partial charge in [-0.25, -0.2) is 5.06 Å². The first-order valence-corrected chi connectivity index (χ1v) is 10.9. The summed E-state index contributed by atoms with van der Waals surface area (Å²) >= 11 is 0. The molecular formula is C16H31NO3Si. The Balaban J connectivity index is 1.92. The van der Waals surface area contributed by atoms with Crippen LogP contribution in [0, 0.1) is 17.3 Å². The van der Waals surface area contributed by atoms with Gasteiger partial charge < -0.3 is 4.43 Å². The van der Waals surface area contributed by atoms with E-state index in [-0.39, 0.29) is 22.3 Å². The van der Waals surface area contributed by atoms with Gasteiger partial charge in [0.15, 0.2) is 8.32 Å². The lowest BCUT2D eigenvalue weighted by molar-refractivity contribution is -0.174. The highest BCUT2D eigenvalue weighted by Crippen LogP contribution is 2.62. The Morgan fingerprint density at radius 2 is 1.86 bits per heavy atom. The van der Waals surface area contributed by atoms with Crippen molar-refractivity contribution < 1.29 is 14.1 Å². The van der Waals surface area contributed by atoms with Crippen LogP contribution < -0.4 is 0 Å². The second-order valence-corrected chi connectivity index (χ2v) is 13.4. The molecular weight excluding hydrogens is 282 g/mol. The lowest BCUT2D eigenvalue weighted by atomic mass is 9.70. The lowest BCUT2D eigenvalue weighted by Gasteiger charge is -2.43. The maximum atomic E-state index is 12.3. The number of carbonyl (C=O) groups is 1. The normalized spacial score (nSPS) is 32.0. The molecule has 0 spiro atoms. The monoisotopic (exact) mass is 313 g/mol. The molecule has 4 nitrogen and oxygen atoms in total. The smallest absolute Gasteiger partial charge is 0.249 e. The predicted molar refractivity (Wildman–Crippen MR) is 86.2 cm³/mol. The molecule has 0 aromatic heterocycles. The van der Waals surface area contributed by atoms with E-state index >= 15 is 0 Å². The van der Waals surface area contributed by atoms with Gasteiger partial charge in [-0.15, -0.1) is 0 Å². The molecule has 0 aliphatic heterocycles. The van der Waals surface area contributed by atoms with E-state index in [2.05, 4.69) is 33.9 Å². The molecule has 3 aliphatic rings. The standard InChI is InChI=1S/C16H31NO3Si/c1-15(2,3)21(6,7)20-11-16-8-12(9-16)13(10-16)14(18)17(4)19-5/h12-13H,8-11H2,1-7H3. The van der Waals surface area contributed by atoms with Crippen LogP contribution in [-0.2, 0) is 14.1 Å². The molecule has 3 aliphatic carbocycles. The van der Waals surface area contributed by atoms with Crippen molar-refractivity contribution in [1.29, 1.82) is 0 Å². The molecule has 0 heterocycles. The minimum atomic E-state index is -1.69. The first-order chi connectivity index (χ1) is 9.51. The zero-order valence-corrected chi connectivity index (χ0v) is 15.7.